The summed E-state index contributed by atoms with van der Waals surface area (Å²) in [6.07, 6.45) is -4.23. The third kappa shape index (κ3) is 4.36. The maximum Gasteiger partial charge on any atom is 0.416 e. The number of halogens is 3. The van der Waals surface area contributed by atoms with Gasteiger partial charge in [0.25, 0.3) is 0 Å². The number of alkyl halides is 3. The zero-order valence-electron chi connectivity index (χ0n) is 14.7. The van der Waals surface area contributed by atoms with Crippen LogP contribution in [0.2, 0.25) is 0 Å². The summed E-state index contributed by atoms with van der Waals surface area (Å²) < 4.78 is 37.9. The highest BCUT2D eigenvalue weighted by molar-refractivity contribution is 6.06. The quantitative estimate of drug-likeness (QED) is 0.748. The molecule has 0 bridgehead atoms. The van der Waals surface area contributed by atoms with Crippen LogP contribution in [0.4, 0.5) is 13.2 Å². The highest BCUT2D eigenvalue weighted by Gasteiger charge is 2.39. The van der Waals surface area contributed by atoms with Crippen molar-refractivity contribution in [2.45, 2.75) is 25.1 Å². The van der Waals surface area contributed by atoms with E-state index in [1.807, 2.05) is 30.3 Å². The van der Waals surface area contributed by atoms with E-state index in [1.54, 1.807) is 11.9 Å². The van der Waals surface area contributed by atoms with E-state index in [0.29, 0.717) is 12.1 Å². The van der Waals surface area contributed by atoms with Crippen molar-refractivity contribution in [3.05, 3.63) is 71.3 Å². The molecule has 1 aliphatic rings. The van der Waals surface area contributed by atoms with E-state index in [0.717, 1.165) is 17.7 Å². The van der Waals surface area contributed by atoms with Crippen molar-refractivity contribution in [1.82, 2.24) is 9.80 Å². The third-order valence-electron chi connectivity index (χ3n) is 4.56. The Labute approximate surface area is 155 Å². The topological polar surface area (TPSA) is 40.6 Å². The van der Waals surface area contributed by atoms with Gasteiger partial charge >= 0.3 is 6.18 Å². The lowest BCUT2D eigenvalue weighted by Gasteiger charge is -2.23. The Morgan fingerprint density at radius 2 is 1.67 bits per heavy atom. The molecule has 2 aromatic carbocycles. The lowest BCUT2D eigenvalue weighted by molar-refractivity contribution is -0.141. The lowest BCUT2D eigenvalue weighted by atomic mass is 9.98. The van der Waals surface area contributed by atoms with Crippen LogP contribution >= 0.6 is 0 Å². The maximum atomic E-state index is 12.6. The van der Waals surface area contributed by atoms with Gasteiger partial charge in [0.1, 0.15) is 0 Å². The zero-order chi connectivity index (χ0) is 19.6. The number of rotatable bonds is 5. The van der Waals surface area contributed by atoms with Crippen LogP contribution in [0.3, 0.4) is 0 Å². The van der Waals surface area contributed by atoms with E-state index in [9.17, 15) is 22.8 Å². The predicted octanol–water partition coefficient (Wildman–Crippen LogP) is 3.64. The molecular formula is C20H19F3N2O2. The number of nitrogens with zero attached hydrogens (tertiary/aromatic N) is 2. The molecule has 1 heterocycles. The van der Waals surface area contributed by atoms with Gasteiger partial charge in [-0.15, -0.1) is 0 Å². The molecule has 142 valence electrons. The minimum absolute atomic E-state index is 0.0992. The largest absolute Gasteiger partial charge is 0.416 e. The van der Waals surface area contributed by atoms with Crippen molar-refractivity contribution in [3.63, 3.8) is 0 Å². The second-order valence-electron chi connectivity index (χ2n) is 6.68. The third-order valence-corrected chi connectivity index (χ3v) is 4.56. The SMILES string of the molecule is CN(Cc1ccc(C(F)(F)F)cc1)CN1C(=O)C[C@H](c2ccccc2)C1=O. The van der Waals surface area contributed by atoms with Crippen molar-refractivity contribution >= 4 is 11.8 Å². The number of carbonyl (C=O) groups excluding carboxylic acids is 2. The van der Waals surface area contributed by atoms with Crippen LogP contribution in [0.25, 0.3) is 0 Å². The van der Waals surface area contributed by atoms with Crippen LogP contribution in [-0.4, -0.2) is 35.3 Å². The molecule has 2 amide bonds. The molecule has 2 aromatic rings. The van der Waals surface area contributed by atoms with Crippen LogP contribution < -0.4 is 0 Å². The monoisotopic (exact) mass is 376 g/mol. The van der Waals surface area contributed by atoms with Crippen molar-refractivity contribution in [2.24, 2.45) is 0 Å². The molecule has 1 atom stereocenters. The Morgan fingerprint density at radius 1 is 1.04 bits per heavy atom. The molecule has 1 saturated heterocycles. The van der Waals surface area contributed by atoms with Crippen LogP contribution in [0, 0.1) is 0 Å². The van der Waals surface area contributed by atoms with Gasteiger partial charge in [0, 0.05) is 13.0 Å². The lowest BCUT2D eigenvalue weighted by Crippen LogP contribution is -2.39. The number of amides is 2. The highest BCUT2D eigenvalue weighted by Crippen LogP contribution is 2.30. The summed E-state index contributed by atoms with van der Waals surface area (Å²) in [7, 11) is 1.72. The van der Waals surface area contributed by atoms with Gasteiger partial charge < -0.3 is 0 Å². The molecule has 4 nitrogen and oxygen atoms in total. The minimum Gasteiger partial charge on any atom is -0.284 e. The highest BCUT2D eigenvalue weighted by atomic mass is 19.4. The Bertz CT molecular complexity index is 819. The number of carbonyl (C=O) groups is 2. The van der Waals surface area contributed by atoms with Crippen LogP contribution in [0.15, 0.2) is 54.6 Å². The van der Waals surface area contributed by atoms with Crippen molar-refractivity contribution in [1.29, 1.82) is 0 Å². The summed E-state index contributed by atoms with van der Waals surface area (Å²) in [6, 6.07) is 14.0. The molecule has 0 saturated carbocycles. The first-order chi connectivity index (χ1) is 12.8. The average molecular weight is 376 g/mol. The molecule has 27 heavy (non-hydrogen) atoms. The number of imide groups is 1. The second-order valence-corrected chi connectivity index (χ2v) is 6.68. The molecule has 0 N–H and O–H groups in total. The van der Waals surface area contributed by atoms with E-state index in [1.165, 1.54) is 17.0 Å². The molecule has 0 aromatic heterocycles. The van der Waals surface area contributed by atoms with Crippen molar-refractivity contribution in [2.75, 3.05) is 13.7 Å². The Hall–Kier alpha value is -2.67. The van der Waals surface area contributed by atoms with E-state index in [-0.39, 0.29) is 24.9 Å². The van der Waals surface area contributed by atoms with Gasteiger partial charge in [0.2, 0.25) is 11.8 Å². The van der Waals surface area contributed by atoms with Crippen LogP contribution in [-0.2, 0) is 22.3 Å². The summed E-state index contributed by atoms with van der Waals surface area (Å²) in [6.45, 7) is 0.424. The molecular weight excluding hydrogens is 357 g/mol. The Morgan fingerprint density at radius 3 is 2.26 bits per heavy atom. The minimum atomic E-state index is -4.37. The summed E-state index contributed by atoms with van der Waals surface area (Å²) >= 11 is 0. The predicted molar refractivity (Wildman–Crippen MR) is 93.4 cm³/mol. The average Bonchev–Trinajstić information content (AvgIpc) is 2.90. The summed E-state index contributed by atoms with van der Waals surface area (Å²) in [5, 5.41) is 0. The fourth-order valence-electron chi connectivity index (χ4n) is 3.18. The van der Waals surface area contributed by atoms with Gasteiger partial charge in [0.05, 0.1) is 18.2 Å². The first-order valence-corrected chi connectivity index (χ1v) is 8.49. The molecule has 0 unspecified atom stereocenters. The summed E-state index contributed by atoms with van der Waals surface area (Å²) in [5.41, 5.74) is 0.775. The van der Waals surface area contributed by atoms with Crippen LogP contribution in [0.5, 0.6) is 0 Å². The Kier molecular flexibility index (Phi) is 5.32. The maximum absolute atomic E-state index is 12.6. The number of likely N-dealkylation sites (tertiary alicyclic amines) is 1. The first-order valence-electron chi connectivity index (χ1n) is 8.49. The Balaban J connectivity index is 1.63. The molecule has 0 spiro atoms. The first kappa shape index (κ1) is 19.1. The molecule has 0 aliphatic carbocycles. The van der Waals surface area contributed by atoms with E-state index >= 15 is 0 Å². The zero-order valence-corrected chi connectivity index (χ0v) is 14.7. The molecule has 3 rings (SSSR count). The van der Waals surface area contributed by atoms with Gasteiger partial charge in [0.15, 0.2) is 0 Å². The summed E-state index contributed by atoms with van der Waals surface area (Å²) in [5.74, 6) is -0.961. The van der Waals surface area contributed by atoms with Crippen LogP contribution in [0.1, 0.15) is 29.0 Å². The van der Waals surface area contributed by atoms with Crippen molar-refractivity contribution < 1.29 is 22.8 Å². The van der Waals surface area contributed by atoms with Gasteiger partial charge in [-0.2, -0.15) is 13.2 Å². The van der Waals surface area contributed by atoms with Gasteiger partial charge in [-0.05, 0) is 30.3 Å². The van der Waals surface area contributed by atoms with Crippen molar-refractivity contribution in [3.8, 4) is 0 Å². The molecule has 0 radical (unpaired) electrons. The molecule has 1 fully saturated rings. The smallest absolute Gasteiger partial charge is 0.284 e. The van der Waals surface area contributed by atoms with Gasteiger partial charge in [-0.25, -0.2) is 0 Å². The fourth-order valence-corrected chi connectivity index (χ4v) is 3.18. The second kappa shape index (κ2) is 7.52. The number of hydrogen-bond acceptors (Lipinski definition) is 3. The molecule has 1 aliphatic heterocycles. The summed E-state index contributed by atoms with van der Waals surface area (Å²) in [4.78, 5) is 27.8. The van der Waals surface area contributed by atoms with E-state index in [2.05, 4.69) is 0 Å². The van der Waals surface area contributed by atoms with E-state index in [4.69, 9.17) is 0 Å². The standard InChI is InChI=1S/C20H19F3N2O2/c1-24(12-14-7-9-16(10-8-14)20(21,22)23)13-25-18(26)11-17(19(25)27)15-5-3-2-4-6-15/h2-10,17H,11-13H2,1H3/t17-/m1/s1. The number of hydrogen-bond donors (Lipinski definition) is 0. The molecule has 7 heteroatoms. The number of benzene rings is 2. The fraction of sp³-hybridized carbons (Fsp3) is 0.300. The van der Waals surface area contributed by atoms with Gasteiger partial charge in [-0.3, -0.25) is 19.4 Å². The van der Waals surface area contributed by atoms with Gasteiger partial charge in [-0.1, -0.05) is 42.5 Å². The van der Waals surface area contributed by atoms with E-state index < -0.39 is 17.7 Å². The normalized spacial score (nSPS) is 17.8.